The first kappa shape index (κ1) is 19.8. The third-order valence-electron chi connectivity index (χ3n) is 4.01. The lowest BCUT2D eigenvalue weighted by Gasteiger charge is -2.11. The lowest BCUT2D eigenvalue weighted by molar-refractivity contribution is 0.284. The van der Waals surface area contributed by atoms with E-state index in [9.17, 15) is 4.39 Å². The first-order valence-corrected chi connectivity index (χ1v) is 9.27. The Hall–Kier alpha value is -3.00. The second kappa shape index (κ2) is 9.27. The maximum atomic E-state index is 13.0. The molecule has 0 unspecified atom stereocenters. The maximum absolute atomic E-state index is 13.0. The Kier molecular flexibility index (Phi) is 6.54. The molecule has 0 spiro atoms. The molecule has 3 rings (SSSR count). The summed E-state index contributed by atoms with van der Waals surface area (Å²) >= 11 is 5.22. The predicted molar refractivity (Wildman–Crippen MR) is 108 cm³/mol. The van der Waals surface area contributed by atoms with Crippen LogP contribution in [-0.4, -0.2) is 28.2 Å². The van der Waals surface area contributed by atoms with E-state index in [2.05, 4.69) is 22.2 Å². The minimum absolute atomic E-state index is 0.273. The van der Waals surface area contributed by atoms with Gasteiger partial charge in [0.05, 0.1) is 13.3 Å². The predicted octanol–water partition coefficient (Wildman–Crippen LogP) is 4.50. The molecule has 1 heterocycles. The van der Waals surface area contributed by atoms with Gasteiger partial charge in [-0.2, -0.15) is 14.9 Å². The standard InChI is InChI=1S/C20H21FN4O2S/c1-3-4-19-23-24-20(28)25(19)22-12-15-7-10-17(18(11-15)26-2)27-13-14-5-8-16(21)9-6-14/h5-12H,3-4,13H2,1-2H3,(H,24,28)/b22-12+. The summed E-state index contributed by atoms with van der Waals surface area (Å²) in [6.45, 7) is 2.38. The van der Waals surface area contributed by atoms with Crippen molar-refractivity contribution in [3.63, 3.8) is 0 Å². The summed E-state index contributed by atoms with van der Waals surface area (Å²) in [4.78, 5) is 0. The van der Waals surface area contributed by atoms with E-state index in [-0.39, 0.29) is 5.82 Å². The molecule has 0 amide bonds. The Morgan fingerprint density at radius 2 is 2.00 bits per heavy atom. The van der Waals surface area contributed by atoms with Crippen LogP contribution in [0.15, 0.2) is 47.6 Å². The van der Waals surface area contributed by atoms with Gasteiger partial charge in [0.25, 0.3) is 0 Å². The molecule has 0 saturated heterocycles. The molecule has 3 aromatic rings. The number of halogens is 1. The zero-order chi connectivity index (χ0) is 19.9. The molecule has 0 radical (unpaired) electrons. The molecule has 0 aliphatic carbocycles. The van der Waals surface area contributed by atoms with Crippen molar-refractivity contribution < 1.29 is 13.9 Å². The van der Waals surface area contributed by atoms with E-state index in [0.717, 1.165) is 29.8 Å². The van der Waals surface area contributed by atoms with Crippen molar-refractivity contribution in [2.75, 3.05) is 7.11 Å². The number of methoxy groups -OCH3 is 1. The van der Waals surface area contributed by atoms with Crippen LogP contribution in [0.4, 0.5) is 4.39 Å². The lowest BCUT2D eigenvalue weighted by Crippen LogP contribution is -2.00. The zero-order valence-corrected chi connectivity index (χ0v) is 16.5. The summed E-state index contributed by atoms with van der Waals surface area (Å²) in [7, 11) is 1.58. The van der Waals surface area contributed by atoms with Crippen LogP contribution >= 0.6 is 12.2 Å². The van der Waals surface area contributed by atoms with Crippen molar-refractivity contribution in [3.8, 4) is 11.5 Å². The van der Waals surface area contributed by atoms with Gasteiger partial charge < -0.3 is 9.47 Å². The van der Waals surface area contributed by atoms with Gasteiger partial charge in [-0.1, -0.05) is 19.1 Å². The molecular formula is C20H21FN4O2S. The molecule has 8 heteroatoms. The lowest BCUT2D eigenvalue weighted by atomic mass is 10.2. The second-order valence-electron chi connectivity index (χ2n) is 6.08. The van der Waals surface area contributed by atoms with Crippen LogP contribution in [0.5, 0.6) is 11.5 Å². The number of hydrogen-bond acceptors (Lipinski definition) is 5. The van der Waals surface area contributed by atoms with E-state index in [1.54, 1.807) is 30.1 Å². The van der Waals surface area contributed by atoms with E-state index >= 15 is 0 Å². The maximum Gasteiger partial charge on any atom is 0.216 e. The summed E-state index contributed by atoms with van der Waals surface area (Å²) in [5.41, 5.74) is 1.70. The average molecular weight is 400 g/mol. The number of benzene rings is 2. The summed E-state index contributed by atoms with van der Waals surface area (Å²) < 4.78 is 26.3. The Balaban J connectivity index is 1.75. The molecule has 0 aliphatic heterocycles. The van der Waals surface area contributed by atoms with Crippen LogP contribution in [0.25, 0.3) is 0 Å². The molecule has 1 aromatic heterocycles. The second-order valence-corrected chi connectivity index (χ2v) is 6.46. The SMILES string of the molecule is CCCc1n[nH]c(=S)n1/N=C/c1ccc(OCc2ccc(F)cc2)c(OC)c1. The minimum atomic E-state index is -0.273. The molecule has 0 fully saturated rings. The van der Waals surface area contributed by atoms with Crippen molar-refractivity contribution in [2.24, 2.45) is 5.10 Å². The summed E-state index contributed by atoms with van der Waals surface area (Å²) in [6, 6.07) is 11.7. The molecule has 28 heavy (non-hydrogen) atoms. The first-order chi connectivity index (χ1) is 13.6. The van der Waals surface area contributed by atoms with Crippen LogP contribution in [0.3, 0.4) is 0 Å². The molecule has 146 valence electrons. The van der Waals surface area contributed by atoms with Crippen molar-refractivity contribution in [2.45, 2.75) is 26.4 Å². The molecule has 2 aromatic carbocycles. The van der Waals surface area contributed by atoms with E-state index < -0.39 is 0 Å². The van der Waals surface area contributed by atoms with Crippen molar-refractivity contribution >= 4 is 18.4 Å². The normalized spacial score (nSPS) is 11.1. The van der Waals surface area contributed by atoms with Gasteiger partial charge in [-0.25, -0.2) is 4.39 Å². The van der Waals surface area contributed by atoms with Gasteiger partial charge in [-0.15, -0.1) is 0 Å². The third kappa shape index (κ3) is 4.83. The Bertz CT molecular complexity index is 1010. The number of aromatic amines is 1. The Morgan fingerprint density at radius 1 is 1.21 bits per heavy atom. The largest absolute Gasteiger partial charge is 0.493 e. The van der Waals surface area contributed by atoms with Crippen LogP contribution < -0.4 is 9.47 Å². The molecule has 0 atom stereocenters. The van der Waals surface area contributed by atoms with Crippen molar-refractivity contribution in [3.05, 3.63) is 70.0 Å². The van der Waals surface area contributed by atoms with Crippen LogP contribution in [0.2, 0.25) is 0 Å². The fourth-order valence-corrected chi connectivity index (χ4v) is 2.78. The topological polar surface area (TPSA) is 64.4 Å². The third-order valence-corrected chi connectivity index (χ3v) is 4.27. The molecular weight excluding hydrogens is 379 g/mol. The number of hydrogen-bond donors (Lipinski definition) is 1. The number of aromatic nitrogens is 3. The number of ether oxygens (including phenoxy) is 2. The van der Waals surface area contributed by atoms with E-state index in [0.29, 0.717) is 22.9 Å². The number of nitrogens with one attached hydrogen (secondary N) is 1. The minimum Gasteiger partial charge on any atom is -0.493 e. The van der Waals surface area contributed by atoms with Gasteiger partial charge in [0.15, 0.2) is 17.3 Å². The molecule has 6 nitrogen and oxygen atoms in total. The number of rotatable bonds is 8. The Morgan fingerprint density at radius 3 is 2.71 bits per heavy atom. The highest BCUT2D eigenvalue weighted by molar-refractivity contribution is 7.71. The van der Waals surface area contributed by atoms with Crippen molar-refractivity contribution in [1.82, 2.24) is 14.9 Å². The summed E-state index contributed by atoms with van der Waals surface area (Å²) in [5.74, 6) is 1.69. The van der Waals surface area contributed by atoms with Crippen molar-refractivity contribution in [1.29, 1.82) is 0 Å². The molecule has 0 aliphatic rings. The van der Waals surface area contributed by atoms with Crippen LogP contribution in [-0.2, 0) is 13.0 Å². The quantitative estimate of drug-likeness (QED) is 0.447. The Labute approximate surface area is 167 Å². The van der Waals surface area contributed by atoms with Gasteiger partial charge in [0, 0.05) is 6.42 Å². The number of H-pyrrole nitrogens is 1. The number of nitrogens with zero attached hydrogens (tertiary/aromatic N) is 3. The smallest absolute Gasteiger partial charge is 0.216 e. The first-order valence-electron chi connectivity index (χ1n) is 8.86. The van der Waals surface area contributed by atoms with Crippen LogP contribution in [0, 0.1) is 10.6 Å². The van der Waals surface area contributed by atoms with Gasteiger partial charge in [-0.3, -0.25) is 5.10 Å². The van der Waals surface area contributed by atoms with Crippen LogP contribution in [0.1, 0.15) is 30.3 Å². The monoisotopic (exact) mass is 400 g/mol. The van der Waals surface area contributed by atoms with Gasteiger partial charge >= 0.3 is 0 Å². The highest BCUT2D eigenvalue weighted by Gasteiger charge is 2.07. The fraction of sp³-hybridized carbons (Fsp3) is 0.250. The fourth-order valence-electron chi connectivity index (χ4n) is 2.58. The molecule has 0 bridgehead atoms. The average Bonchev–Trinajstić information content (AvgIpc) is 3.06. The van der Waals surface area contributed by atoms with E-state index in [4.69, 9.17) is 21.7 Å². The zero-order valence-electron chi connectivity index (χ0n) is 15.7. The van der Waals surface area contributed by atoms with E-state index in [1.165, 1.54) is 12.1 Å². The molecule has 0 saturated carbocycles. The van der Waals surface area contributed by atoms with Gasteiger partial charge in [-0.05, 0) is 60.1 Å². The summed E-state index contributed by atoms with van der Waals surface area (Å²) in [6.07, 6.45) is 3.42. The van der Waals surface area contributed by atoms with E-state index in [1.807, 2.05) is 18.2 Å². The molecule has 1 N–H and O–H groups in total. The summed E-state index contributed by atoms with van der Waals surface area (Å²) in [5, 5.41) is 11.4. The number of aryl methyl sites for hydroxylation is 1. The highest BCUT2D eigenvalue weighted by atomic mass is 32.1. The highest BCUT2D eigenvalue weighted by Crippen LogP contribution is 2.28. The van der Waals surface area contributed by atoms with Gasteiger partial charge in [0.1, 0.15) is 12.4 Å². The van der Waals surface area contributed by atoms with Gasteiger partial charge in [0.2, 0.25) is 4.77 Å².